The number of piperidine rings is 1. The number of anilines is 1. The highest BCUT2D eigenvalue weighted by atomic mass is 16.2. The molecule has 1 atom stereocenters. The van der Waals surface area contributed by atoms with E-state index in [9.17, 15) is 4.79 Å². The molecule has 1 unspecified atom stereocenters. The summed E-state index contributed by atoms with van der Waals surface area (Å²) in [7, 11) is 1.85. The van der Waals surface area contributed by atoms with E-state index in [0.29, 0.717) is 12.2 Å². The molecule has 0 aliphatic carbocycles. The molecule has 6 heteroatoms. The SMILES string of the molecule is Cn1cc(CNC2CCCN(c3cccnc3)C2=O)cc1C#N. The van der Waals surface area contributed by atoms with Crippen molar-refractivity contribution < 1.29 is 4.79 Å². The fourth-order valence-electron chi connectivity index (χ4n) is 2.92. The molecule has 1 aliphatic heterocycles. The summed E-state index contributed by atoms with van der Waals surface area (Å²) in [5, 5.41) is 12.3. The second kappa shape index (κ2) is 6.63. The van der Waals surface area contributed by atoms with Gasteiger partial charge in [-0.3, -0.25) is 9.78 Å². The minimum absolute atomic E-state index is 0.0840. The van der Waals surface area contributed by atoms with Crippen LogP contribution in [0.25, 0.3) is 0 Å². The molecule has 0 saturated carbocycles. The number of carbonyl (C=O) groups excluding carboxylic acids is 1. The second-order valence-electron chi connectivity index (χ2n) is 5.73. The average molecular weight is 309 g/mol. The maximum Gasteiger partial charge on any atom is 0.244 e. The van der Waals surface area contributed by atoms with Crippen molar-refractivity contribution >= 4 is 11.6 Å². The summed E-state index contributed by atoms with van der Waals surface area (Å²) in [6.07, 6.45) is 7.12. The highest BCUT2D eigenvalue weighted by Gasteiger charge is 2.29. The van der Waals surface area contributed by atoms with Crippen LogP contribution in [0.2, 0.25) is 0 Å². The van der Waals surface area contributed by atoms with Gasteiger partial charge in [0.2, 0.25) is 5.91 Å². The Balaban J connectivity index is 1.66. The quantitative estimate of drug-likeness (QED) is 0.930. The Bertz CT molecular complexity index is 731. The molecule has 3 rings (SSSR count). The molecule has 2 aromatic rings. The lowest BCUT2D eigenvalue weighted by Gasteiger charge is -2.32. The van der Waals surface area contributed by atoms with Crippen molar-refractivity contribution in [1.82, 2.24) is 14.9 Å². The molecule has 6 nitrogen and oxygen atoms in total. The van der Waals surface area contributed by atoms with Crippen molar-refractivity contribution in [2.75, 3.05) is 11.4 Å². The first-order valence-corrected chi connectivity index (χ1v) is 7.69. The van der Waals surface area contributed by atoms with Crippen LogP contribution in [0, 0.1) is 11.3 Å². The van der Waals surface area contributed by atoms with Crippen LogP contribution in [0.4, 0.5) is 5.69 Å². The van der Waals surface area contributed by atoms with Crippen molar-refractivity contribution in [3.05, 3.63) is 48.0 Å². The summed E-state index contributed by atoms with van der Waals surface area (Å²) in [6.45, 7) is 1.30. The minimum atomic E-state index is -0.199. The largest absolute Gasteiger partial charge is 0.342 e. The number of nitrogens with zero attached hydrogens (tertiary/aromatic N) is 4. The molecule has 2 aromatic heterocycles. The molecule has 3 heterocycles. The summed E-state index contributed by atoms with van der Waals surface area (Å²) in [5.74, 6) is 0.0840. The van der Waals surface area contributed by atoms with Gasteiger partial charge in [0.05, 0.1) is 17.9 Å². The van der Waals surface area contributed by atoms with Gasteiger partial charge in [-0.15, -0.1) is 0 Å². The van der Waals surface area contributed by atoms with Gasteiger partial charge in [-0.25, -0.2) is 0 Å². The normalized spacial score (nSPS) is 18.0. The number of nitrogens with one attached hydrogen (secondary N) is 1. The van der Waals surface area contributed by atoms with E-state index in [0.717, 1.165) is 30.6 Å². The number of carbonyl (C=O) groups is 1. The standard InChI is InChI=1S/C17H19N5O/c1-21-12-13(8-15(21)9-18)10-20-16-5-3-7-22(17(16)23)14-4-2-6-19-11-14/h2,4,6,8,11-12,16,20H,3,5,7,10H2,1H3. The van der Waals surface area contributed by atoms with Crippen molar-refractivity contribution in [3.8, 4) is 6.07 Å². The Labute approximate surface area is 135 Å². The Morgan fingerprint density at radius 3 is 3.09 bits per heavy atom. The zero-order chi connectivity index (χ0) is 16.2. The fourth-order valence-corrected chi connectivity index (χ4v) is 2.92. The minimum Gasteiger partial charge on any atom is -0.342 e. The zero-order valence-electron chi connectivity index (χ0n) is 13.1. The topological polar surface area (TPSA) is 74.0 Å². The predicted octanol–water partition coefficient (Wildman–Crippen LogP) is 1.58. The van der Waals surface area contributed by atoms with Crippen LogP contribution in [0.15, 0.2) is 36.8 Å². The molecule has 0 spiro atoms. The van der Waals surface area contributed by atoms with Gasteiger partial charge in [-0.05, 0) is 36.6 Å². The van der Waals surface area contributed by atoms with E-state index in [1.54, 1.807) is 21.9 Å². The predicted molar refractivity (Wildman–Crippen MR) is 86.6 cm³/mol. The van der Waals surface area contributed by atoms with Crippen molar-refractivity contribution in [2.24, 2.45) is 7.05 Å². The molecule has 1 aliphatic rings. The fraction of sp³-hybridized carbons (Fsp3) is 0.353. The lowest BCUT2D eigenvalue weighted by molar-refractivity contribution is -0.121. The lowest BCUT2D eigenvalue weighted by atomic mass is 10.0. The Morgan fingerprint density at radius 1 is 1.52 bits per heavy atom. The van der Waals surface area contributed by atoms with Crippen LogP contribution in [0.1, 0.15) is 24.1 Å². The second-order valence-corrected chi connectivity index (χ2v) is 5.73. The summed E-state index contributed by atoms with van der Waals surface area (Å²) < 4.78 is 1.79. The Morgan fingerprint density at radius 2 is 2.39 bits per heavy atom. The van der Waals surface area contributed by atoms with Crippen LogP contribution in [-0.4, -0.2) is 28.0 Å². The van der Waals surface area contributed by atoms with Crippen LogP contribution >= 0.6 is 0 Å². The zero-order valence-corrected chi connectivity index (χ0v) is 13.1. The average Bonchev–Trinajstić information content (AvgIpc) is 2.95. The molecule has 0 radical (unpaired) electrons. The van der Waals surface area contributed by atoms with Gasteiger partial charge in [0.1, 0.15) is 11.8 Å². The smallest absolute Gasteiger partial charge is 0.244 e. The lowest BCUT2D eigenvalue weighted by Crippen LogP contribution is -2.50. The number of hydrogen-bond acceptors (Lipinski definition) is 4. The molecule has 0 aromatic carbocycles. The molecule has 1 fully saturated rings. The molecule has 23 heavy (non-hydrogen) atoms. The van der Waals surface area contributed by atoms with E-state index in [1.807, 2.05) is 31.4 Å². The van der Waals surface area contributed by atoms with Gasteiger partial charge in [-0.2, -0.15) is 5.26 Å². The van der Waals surface area contributed by atoms with Gasteiger partial charge in [0, 0.05) is 32.5 Å². The monoisotopic (exact) mass is 309 g/mol. The number of hydrogen-bond donors (Lipinski definition) is 1. The van der Waals surface area contributed by atoms with Crippen molar-refractivity contribution in [1.29, 1.82) is 5.26 Å². The maximum atomic E-state index is 12.7. The van der Waals surface area contributed by atoms with Gasteiger partial charge in [0.25, 0.3) is 0 Å². The maximum absolute atomic E-state index is 12.7. The van der Waals surface area contributed by atoms with Crippen LogP contribution in [0.3, 0.4) is 0 Å². The highest BCUT2D eigenvalue weighted by Crippen LogP contribution is 2.20. The third-order valence-corrected chi connectivity index (χ3v) is 4.12. The molecule has 1 amide bonds. The van der Waals surface area contributed by atoms with Gasteiger partial charge >= 0.3 is 0 Å². The molecule has 0 bridgehead atoms. The number of rotatable bonds is 4. The van der Waals surface area contributed by atoms with Gasteiger partial charge in [-0.1, -0.05) is 0 Å². The first-order chi connectivity index (χ1) is 11.2. The summed E-state index contributed by atoms with van der Waals surface area (Å²) in [5.41, 5.74) is 2.47. The summed E-state index contributed by atoms with van der Waals surface area (Å²) >= 11 is 0. The number of pyridine rings is 1. The summed E-state index contributed by atoms with van der Waals surface area (Å²) in [4.78, 5) is 18.5. The van der Waals surface area contributed by atoms with Crippen LogP contribution < -0.4 is 10.2 Å². The Hall–Kier alpha value is -2.65. The number of nitriles is 1. The van der Waals surface area contributed by atoms with E-state index in [1.165, 1.54) is 0 Å². The van der Waals surface area contributed by atoms with E-state index >= 15 is 0 Å². The Kier molecular flexibility index (Phi) is 4.40. The van der Waals surface area contributed by atoms with E-state index < -0.39 is 0 Å². The molecule has 118 valence electrons. The van der Waals surface area contributed by atoms with Crippen LogP contribution in [0.5, 0.6) is 0 Å². The third kappa shape index (κ3) is 3.25. The van der Waals surface area contributed by atoms with E-state index in [-0.39, 0.29) is 11.9 Å². The molecule has 1 N–H and O–H groups in total. The summed E-state index contributed by atoms with van der Waals surface area (Å²) in [6, 6.07) is 7.54. The van der Waals surface area contributed by atoms with E-state index in [4.69, 9.17) is 5.26 Å². The third-order valence-electron chi connectivity index (χ3n) is 4.12. The van der Waals surface area contributed by atoms with E-state index in [2.05, 4.69) is 16.4 Å². The van der Waals surface area contributed by atoms with Crippen molar-refractivity contribution in [2.45, 2.75) is 25.4 Å². The van der Waals surface area contributed by atoms with Gasteiger partial charge in [0.15, 0.2) is 0 Å². The molecular formula is C17H19N5O. The number of amides is 1. The first kappa shape index (κ1) is 15.3. The molecular weight excluding hydrogens is 290 g/mol. The van der Waals surface area contributed by atoms with Crippen molar-refractivity contribution in [3.63, 3.8) is 0 Å². The van der Waals surface area contributed by atoms with Gasteiger partial charge < -0.3 is 14.8 Å². The van der Waals surface area contributed by atoms with Crippen LogP contribution in [-0.2, 0) is 18.4 Å². The number of aromatic nitrogens is 2. The highest BCUT2D eigenvalue weighted by molar-refractivity contribution is 5.97. The number of aryl methyl sites for hydroxylation is 1. The molecule has 1 saturated heterocycles. The first-order valence-electron chi connectivity index (χ1n) is 7.69.